The smallest absolute Gasteiger partial charge is 0.778 e. The maximum atomic E-state index is 12.8. The second kappa shape index (κ2) is 11.4. The molecule has 1 spiro atoms. The van der Waals surface area contributed by atoms with Gasteiger partial charge in [0.15, 0.2) is 0 Å². The van der Waals surface area contributed by atoms with Crippen molar-refractivity contribution in [2.24, 2.45) is 11.8 Å². The Kier molecular flexibility index (Phi) is 9.66. The van der Waals surface area contributed by atoms with E-state index in [0.717, 1.165) is 12.8 Å². The molecule has 4 aliphatic rings. The largest absolute Gasteiger partial charge is 1.00 e. The van der Waals surface area contributed by atoms with Crippen LogP contribution in [0.15, 0.2) is 11.6 Å². The van der Waals surface area contributed by atoms with Crippen LogP contribution in [0.25, 0.3) is 0 Å². The minimum atomic E-state index is -3.78. The summed E-state index contributed by atoms with van der Waals surface area (Å²) in [5.41, 5.74) is 0.632. The summed E-state index contributed by atoms with van der Waals surface area (Å²) in [6, 6.07) is 0. The van der Waals surface area contributed by atoms with Gasteiger partial charge >= 0.3 is 35.7 Å². The number of hydrogen-bond donors (Lipinski definition) is 0. The summed E-state index contributed by atoms with van der Waals surface area (Å²) in [6.45, 7) is 9.78. The molecule has 3 saturated heterocycles. The molecular formula is C24H39NNaO8P. The van der Waals surface area contributed by atoms with Gasteiger partial charge in [-0.05, 0) is 59.3 Å². The van der Waals surface area contributed by atoms with Gasteiger partial charge in [0, 0.05) is 26.4 Å². The van der Waals surface area contributed by atoms with Crippen LogP contribution < -0.4 is 34.5 Å². The normalized spacial score (nSPS) is 37.6. The summed E-state index contributed by atoms with van der Waals surface area (Å²) in [7, 11) is -2.12. The number of ether oxygens (including phenoxy) is 4. The summed E-state index contributed by atoms with van der Waals surface area (Å²) in [5, 5.41) is 0. The number of carbonyl (C=O) groups is 1. The molecule has 9 nitrogen and oxygen atoms in total. The van der Waals surface area contributed by atoms with Crippen LogP contribution in [-0.4, -0.2) is 80.1 Å². The molecule has 0 radical (unpaired) electrons. The Morgan fingerprint density at radius 2 is 2.00 bits per heavy atom. The van der Waals surface area contributed by atoms with Crippen molar-refractivity contribution in [1.29, 1.82) is 0 Å². The standard InChI is InChI=1S/C24H40NO8P.Na/c1-6-31-34(27,28)12-10-17-13-25(14-17)22(26)32-18-9-11-24(15-30-24)21(20(18)29-5)23(4)19(33-23)8-7-16(2)3;/h7,17-21H,6,8-15H2,1-5H3,(H,27,28);/q;+1/p-1/t18-,19-,20-,21-,23+,24+;/m1./s1. The number of amides is 1. The Morgan fingerprint density at radius 3 is 2.57 bits per heavy atom. The number of allylic oxidation sites excluding steroid dienone is 1. The van der Waals surface area contributed by atoms with Crippen molar-refractivity contribution in [3.63, 3.8) is 0 Å². The SMILES string of the molecule is CCOP(=O)([O-])CCC1CN(C(=O)O[C@@H]2CC[C@]3(CO3)[C@@H]([C@@]3(C)O[C@@H]3CC=C(C)C)[C@@H]2OC)C1.[Na+]. The zero-order valence-corrected chi connectivity index (χ0v) is 24.9. The van der Waals surface area contributed by atoms with E-state index in [0.29, 0.717) is 32.5 Å². The molecule has 1 unspecified atom stereocenters. The zero-order valence-electron chi connectivity index (χ0n) is 22.0. The molecule has 0 aromatic carbocycles. The fourth-order valence-electron chi connectivity index (χ4n) is 5.78. The van der Waals surface area contributed by atoms with Gasteiger partial charge in [-0.15, -0.1) is 0 Å². The number of epoxide rings is 2. The summed E-state index contributed by atoms with van der Waals surface area (Å²) in [5.74, 6) is 0.131. The fraction of sp³-hybridized carbons (Fsp3) is 0.875. The molecule has 1 saturated carbocycles. The molecule has 3 heterocycles. The van der Waals surface area contributed by atoms with Crippen LogP contribution in [0, 0.1) is 11.8 Å². The van der Waals surface area contributed by atoms with Crippen LogP contribution in [0.2, 0.25) is 0 Å². The van der Waals surface area contributed by atoms with E-state index in [4.69, 9.17) is 23.5 Å². The van der Waals surface area contributed by atoms with Crippen LogP contribution >= 0.6 is 7.60 Å². The van der Waals surface area contributed by atoms with Crippen molar-refractivity contribution < 1.29 is 67.3 Å². The monoisotopic (exact) mass is 523 g/mol. The molecule has 3 aliphatic heterocycles. The van der Waals surface area contributed by atoms with Gasteiger partial charge in [0.2, 0.25) is 0 Å². The third kappa shape index (κ3) is 6.55. The second-order valence-corrected chi connectivity index (χ2v) is 12.5. The van der Waals surface area contributed by atoms with Crippen LogP contribution in [-0.2, 0) is 28.0 Å². The van der Waals surface area contributed by atoms with E-state index < -0.39 is 7.60 Å². The van der Waals surface area contributed by atoms with Crippen LogP contribution in [0.1, 0.15) is 53.4 Å². The molecule has 0 aromatic heterocycles. The van der Waals surface area contributed by atoms with Gasteiger partial charge in [-0.1, -0.05) is 11.6 Å². The molecule has 7 atom stereocenters. The van der Waals surface area contributed by atoms with E-state index in [9.17, 15) is 14.3 Å². The fourth-order valence-corrected chi connectivity index (χ4v) is 6.98. The van der Waals surface area contributed by atoms with Crippen molar-refractivity contribution in [3.05, 3.63) is 11.6 Å². The molecule has 0 bridgehead atoms. The van der Waals surface area contributed by atoms with Gasteiger partial charge in [-0.2, -0.15) is 0 Å². The van der Waals surface area contributed by atoms with E-state index in [2.05, 4.69) is 26.8 Å². The summed E-state index contributed by atoms with van der Waals surface area (Å²) in [4.78, 5) is 26.2. The van der Waals surface area contributed by atoms with Crippen molar-refractivity contribution in [2.75, 3.05) is 39.6 Å². The minimum Gasteiger partial charge on any atom is -0.778 e. The van der Waals surface area contributed by atoms with Crippen LogP contribution in [0.3, 0.4) is 0 Å². The molecule has 4 rings (SSSR count). The molecule has 11 heteroatoms. The van der Waals surface area contributed by atoms with Crippen LogP contribution in [0.4, 0.5) is 4.79 Å². The maximum absolute atomic E-state index is 12.8. The molecule has 35 heavy (non-hydrogen) atoms. The van der Waals surface area contributed by atoms with E-state index in [-0.39, 0.29) is 89.8 Å². The molecule has 0 N–H and O–H groups in total. The minimum absolute atomic E-state index is 0. The predicted octanol–water partition coefficient (Wildman–Crippen LogP) is 0.115. The Hall–Kier alpha value is 0.0400. The quantitative estimate of drug-likeness (QED) is 0.172. The van der Waals surface area contributed by atoms with Gasteiger partial charge in [0.25, 0.3) is 0 Å². The van der Waals surface area contributed by atoms with Gasteiger partial charge in [-0.3, -0.25) is 0 Å². The molecule has 194 valence electrons. The van der Waals surface area contributed by atoms with Crippen LogP contribution in [0.5, 0.6) is 0 Å². The first-order chi connectivity index (χ1) is 16.0. The average Bonchev–Trinajstić information content (AvgIpc) is 3.64. The van der Waals surface area contributed by atoms with E-state index in [1.165, 1.54) is 5.57 Å². The topological polar surface area (TPSA) is 113 Å². The summed E-state index contributed by atoms with van der Waals surface area (Å²) in [6.07, 6.45) is 4.07. The average molecular weight is 524 g/mol. The Bertz CT molecular complexity index is 841. The van der Waals surface area contributed by atoms with Crippen molar-refractivity contribution in [3.8, 4) is 0 Å². The Balaban J connectivity index is 0.00000342. The van der Waals surface area contributed by atoms with Crippen molar-refractivity contribution >= 4 is 13.7 Å². The molecular weight excluding hydrogens is 484 g/mol. The zero-order chi connectivity index (χ0) is 24.7. The molecule has 0 aromatic rings. The number of hydrogen-bond acceptors (Lipinski definition) is 8. The van der Waals surface area contributed by atoms with E-state index >= 15 is 0 Å². The number of carbonyl (C=O) groups excluding carboxylic acids is 1. The van der Waals surface area contributed by atoms with Crippen molar-refractivity contribution in [2.45, 2.75) is 82.9 Å². The number of rotatable bonds is 10. The summed E-state index contributed by atoms with van der Waals surface area (Å²) >= 11 is 0. The van der Waals surface area contributed by atoms with Gasteiger partial charge < -0.3 is 37.8 Å². The van der Waals surface area contributed by atoms with E-state index in [1.807, 2.05) is 0 Å². The Labute approximate surface area is 231 Å². The van der Waals surface area contributed by atoms with Gasteiger partial charge in [0.05, 0.1) is 25.2 Å². The maximum Gasteiger partial charge on any atom is 1.00 e. The van der Waals surface area contributed by atoms with Crippen molar-refractivity contribution in [1.82, 2.24) is 4.90 Å². The number of likely N-dealkylation sites (tertiary alicyclic amines) is 1. The first kappa shape index (κ1) is 29.6. The predicted molar refractivity (Wildman–Crippen MR) is 124 cm³/mol. The summed E-state index contributed by atoms with van der Waals surface area (Å²) < 4.78 is 40.6. The molecule has 1 aliphatic carbocycles. The van der Waals surface area contributed by atoms with E-state index in [1.54, 1.807) is 18.9 Å². The van der Waals surface area contributed by atoms with Gasteiger partial charge in [-0.25, -0.2) is 4.79 Å². The first-order valence-corrected chi connectivity index (χ1v) is 14.1. The Morgan fingerprint density at radius 1 is 1.31 bits per heavy atom. The number of methoxy groups -OCH3 is 1. The third-order valence-electron chi connectivity index (χ3n) is 7.84. The second-order valence-electron chi connectivity index (χ2n) is 10.6. The number of nitrogens with zero attached hydrogens (tertiary/aromatic N) is 1. The molecule has 1 amide bonds. The van der Waals surface area contributed by atoms with Gasteiger partial charge in [0.1, 0.15) is 31.0 Å². The molecule has 4 fully saturated rings. The first-order valence-electron chi connectivity index (χ1n) is 12.4. The third-order valence-corrected chi connectivity index (χ3v) is 9.30.